The van der Waals surface area contributed by atoms with Crippen molar-refractivity contribution in [1.29, 1.82) is 0 Å². The molecule has 1 saturated heterocycles. The lowest BCUT2D eigenvalue weighted by Gasteiger charge is -2.42. The molecule has 7 heteroatoms. The molecule has 0 amide bonds. The van der Waals surface area contributed by atoms with E-state index in [2.05, 4.69) is 33.9 Å². The van der Waals surface area contributed by atoms with E-state index in [0.29, 0.717) is 0 Å². The van der Waals surface area contributed by atoms with Crippen LogP contribution in [0.4, 0.5) is 0 Å². The molecule has 0 aromatic carbocycles. The minimum Gasteiger partial charge on any atom is -0.467 e. The van der Waals surface area contributed by atoms with Gasteiger partial charge in [-0.05, 0) is 18.1 Å². The molecule has 21 heavy (non-hydrogen) atoms. The number of fused-ring (bicyclic) bond motifs is 1. The molecule has 0 aromatic rings. The van der Waals surface area contributed by atoms with E-state index in [1.54, 1.807) is 0 Å². The zero-order valence-corrected chi connectivity index (χ0v) is 14.5. The number of aliphatic hydroxyl groups excluding tert-OH is 2. The van der Waals surface area contributed by atoms with Gasteiger partial charge in [-0.15, -0.1) is 0 Å². The Bertz CT molecular complexity index is 432. The number of rotatable bonds is 3. The number of ether oxygens (including phenoxy) is 2. The van der Waals surface area contributed by atoms with Crippen molar-refractivity contribution in [3.8, 4) is 0 Å². The summed E-state index contributed by atoms with van der Waals surface area (Å²) in [5.41, 5.74) is -1.15. The molecule has 2 aliphatic rings. The molecular weight excluding hydrogens is 292 g/mol. The number of hydrogen-bond acceptors (Lipinski definition) is 6. The zero-order valence-electron chi connectivity index (χ0n) is 13.5. The molecule has 2 rings (SSSR count). The molecule has 0 unspecified atom stereocenters. The van der Waals surface area contributed by atoms with Crippen LogP contribution in [0, 0.1) is 0 Å². The normalized spacial score (nSPS) is 39.6. The van der Waals surface area contributed by atoms with Crippen molar-refractivity contribution >= 4 is 14.3 Å². The molecule has 1 heterocycles. The van der Waals surface area contributed by atoms with Crippen LogP contribution in [0.2, 0.25) is 18.1 Å². The third kappa shape index (κ3) is 2.66. The fourth-order valence-corrected chi connectivity index (χ4v) is 3.94. The predicted molar refractivity (Wildman–Crippen MR) is 78.3 cm³/mol. The van der Waals surface area contributed by atoms with Crippen LogP contribution in [0.25, 0.3) is 0 Å². The first kappa shape index (κ1) is 16.9. The highest BCUT2D eigenvalue weighted by molar-refractivity contribution is 6.74. The summed E-state index contributed by atoms with van der Waals surface area (Å²) in [7, 11) is -0.843. The van der Waals surface area contributed by atoms with Gasteiger partial charge in [0.15, 0.2) is 13.9 Å². The largest absolute Gasteiger partial charge is 0.467 e. The summed E-state index contributed by atoms with van der Waals surface area (Å²) in [6.45, 7) is 10.4. The Morgan fingerprint density at radius 2 is 1.86 bits per heavy atom. The topological polar surface area (TPSA) is 88.5 Å². The number of aliphatic hydroxyl groups is 2. The number of epoxide rings is 1. The van der Waals surface area contributed by atoms with E-state index in [1.807, 2.05) is 0 Å². The van der Waals surface area contributed by atoms with Crippen molar-refractivity contribution in [1.82, 2.24) is 0 Å². The molecule has 6 nitrogen and oxygen atoms in total. The average Bonchev–Trinajstić information content (AvgIpc) is 3.09. The molecule has 5 atom stereocenters. The fraction of sp³-hybridized carbons (Fsp3) is 0.929. The average molecular weight is 318 g/mol. The third-order valence-corrected chi connectivity index (χ3v) is 9.57. The van der Waals surface area contributed by atoms with Crippen LogP contribution in [-0.4, -0.2) is 61.6 Å². The molecule has 2 N–H and O–H groups in total. The summed E-state index contributed by atoms with van der Waals surface area (Å²) in [6.07, 6.45) is -3.29. The van der Waals surface area contributed by atoms with Crippen molar-refractivity contribution in [2.45, 2.75) is 75.3 Å². The predicted octanol–water partition coefficient (Wildman–Crippen LogP) is 0.813. The Morgan fingerprint density at radius 3 is 2.33 bits per heavy atom. The van der Waals surface area contributed by atoms with E-state index in [-0.39, 0.29) is 11.5 Å². The third-order valence-electron chi connectivity index (χ3n) is 5.07. The van der Waals surface area contributed by atoms with Gasteiger partial charge in [0.25, 0.3) is 0 Å². The standard InChI is InChI=1S/C14H26O6Si/c1-13(2,3)21(5,6)20-8-7-14(12(17)18-4)11(19-14)10(16)9(8)15/h8-11,15-16H,7H2,1-6H3/t8-,9+,10+,11+,14-/m1/s1. The molecule has 2 fully saturated rings. The van der Waals surface area contributed by atoms with E-state index in [0.717, 1.165) is 0 Å². The molecule has 122 valence electrons. The number of carbonyl (C=O) groups excluding carboxylic acids is 1. The van der Waals surface area contributed by atoms with Crippen molar-refractivity contribution in [2.75, 3.05) is 7.11 Å². The van der Waals surface area contributed by atoms with Crippen LogP contribution in [0.3, 0.4) is 0 Å². The lowest BCUT2D eigenvalue weighted by Crippen LogP contribution is -2.57. The smallest absolute Gasteiger partial charge is 0.341 e. The summed E-state index contributed by atoms with van der Waals surface area (Å²) < 4.78 is 16.3. The molecular formula is C14H26O6Si. The van der Waals surface area contributed by atoms with Gasteiger partial charge in [0.1, 0.15) is 18.3 Å². The maximum absolute atomic E-state index is 11.9. The number of esters is 1. The van der Waals surface area contributed by atoms with E-state index in [1.165, 1.54) is 7.11 Å². The molecule has 1 aliphatic heterocycles. The lowest BCUT2D eigenvalue weighted by molar-refractivity contribution is -0.151. The van der Waals surface area contributed by atoms with Gasteiger partial charge < -0.3 is 24.1 Å². The Morgan fingerprint density at radius 1 is 1.29 bits per heavy atom. The minimum atomic E-state index is -2.13. The van der Waals surface area contributed by atoms with Crippen LogP contribution in [0.15, 0.2) is 0 Å². The molecule has 0 bridgehead atoms. The van der Waals surface area contributed by atoms with Gasteiger partial charge in [-0.3, -0.25) is 0 Å². The van der Waals surface area contributed by atoms with Gasteiger partial charge in [0.05, 0.1) is 13.2 Å². The Balaban J connectivity index is 2.18. The van der Waals surface area contributed by atoms with E-state index in [4.69, 9.17) is 13.9 Å². The van der Waals surface area contributed by atoms with Gasteiger partial charge in [-0.25, -0.2) is 4.79 Å². The first-order chi connectivity index (χ1) is 9.46. The highest BCUT2D eigenvalue weighted by atomic mass is 28.4. The van der Waals surface area contributed by atoms with E-state index < -0.39 is 44.3 Å². The number of methoxy groups -OCH3 is 1. The first-order valence-corrected chi connectivity index (χ1v) is 10.2. The second-order valence-electron chi connectivity index (χ2n) is 7.52. The first-order valence-electron chi connectivity index (χ1n) is 7.26. The second kappa shape index (κ2) is 5.02. The van der Waals surface area contributed by atoms with Crippen LogP contribution in [0.1, 0.15) is 27.2 Å². The molecule has 0 radical (unpaired) electrons. The fourth-order valence-electron chi connectivity index (χ4n) is 2.61. The van der Waals surface area contributed by atoms with E-state index in [9.17, 15) is 15.0 Å². The van der Waals surface area contributed by atoms with Gasteiger partial charge in [-0.1, -0.05) is 20.8 Å². The van der Waals surface area contributed by atoms with E-state index >= 15 is 0 Å². The minimum absolute atomic E-state index is 0.0304. The molecule has 0 spiro atoms. The van der Waals surface area contributed by atoms with Crippen molar-refractivity contribution in [2.24, 2.45) is 0 Å². The monoisotopic (exact) mass is 318 g/mol. The highest BCUT2D eigenvalue weighted by Crippen LogP contribution is 2.51. The summed E-state index contributed by atoms with van der Waals surface area (Å²) in [6, 6.07) is 0. The van der Waals surface area contributed by atoms with Crippen molar-refractivity contribution in [3.63, 3.8) is 0 Å². The molecule has 1 aliphatic carbocycles. The maximum atomic E-state index is 11.9. The van der Waals surface area contributed by atoms with Gasteiger partial charge in [-0.2, -0.15) is 0 Å². The van der Waals surface area contributed by atoms with Crippen molar-refractivity contribution < 1.29 is 28.9 Å². The van der Waals surface area contributed by atoms with Gasteiger partial charge in [0, 0.05) is 6.42 Å². The Labute approximate surface area is 126 Å². The number of carbonyl (C=O) groups is 1. The SMILES string of the molecule is COC(=O)[C@@]12C[C@@H](O[Si](C)(C)C(C)(C)C)[C@H](O)[C@H](O)[C@@H]1O2. The van der Waals surface area contributed by atoms with Crippen LogP contribution in [-0.2, 0) is 18.7 Å². The van der Waals surface area contributed by atoms with Crippen molar-refractivity contribution in [3.05, 3.63) is 0 Å². The quantitative estimate of drug-likeness (QED) is 0.455. The van der Waals surface area contributed by atoms with Crippen LogP contribution in [0.5, 0.6) is 0 Å². The Kier molecular flexibility index (Phi) is 4.04. The summed E-state index contributed by atoms with van der Waals surface area (Å²) in [4.78, 5) is 11.9. The summed E-state index contributed by atoms with van der Waals surface area (Å²) in [5.74, 6) is -0.512. The van der Waals surface area contributed by atoms with Gasteiger partial charge >= 0.3 is 5.97 Å². The number of hydrogen-bond donors (Lipinski definition) is 2. The maximum Gasteiger partial charge on any atom is 0.341 e. The lowest BCUT2D eigenvalue weighted by atomic mass is 9.83. The van der Waals surface area contributed by atoms with Gasteiger partial charge in [0.2, 0.25) is 0 Å². The highest BCUT2D eigenvalue weighted by Gasteiger charge is 2.72. The summed E-state index contributed by atoms with van der Waals surface area (Å²) >= 11 is 0. The molecule has 0 aromatic heterocycles. The second-order valence-corrected chi connectivity index (χ2v) is 12.3. The zero-order chi connectivity index (χ0) is 16.2. The van der Waals surface area contributed by atoms with Crippen LogP contribution >= 0.6 is 0 Å². The Hall–Kier alpha value is -0.473. The summed E-state index contributed by atoms with van der Waals surface area (Å²) in [5, 5.41) is 20.3. The van der Waals surface area contributed by atoms with Crippen LogP contribution < -0.4 is 0 Å². The molecule has 1 saturated carbocycles.